The van der Waals surface area contributed by atoms with Gasteiger partial charge in [-0.05, 0) is 18.1 Å². The van der Waals surface area contributed by atoms with E-state index >= 15 is 0 Å². The lowest BCUT2D eigenvalue weighted by atomic mass is 10.0. The molecule has 7 heteroatoms. The molecule has 0 saturated carbocycles. The average molecular weight is 333 g/mol. The van der Waals surface area contributed by atoms with E-state index in [-0.39, 0.29) is 24.8 Å². The van der Waals surface area contributed by atoms with E-state index in [9.17, 15) is 9.59 Å². The lowest BCUT2D eigenvalue weighted by Crippen LogP contribution is -2.42. The number of benzene rings is 1. The monoisotopic (exact) mass is 332 g/mol. The minimum atomic E-state index is -0.931. The fraction of sp³-hybridized carbons (Fsp3) is 0.429. The summed E-state index contributed by atoms with van der Waals surface area (Å²) in [6.45, 7) is 3.85. The van der Waals surface area contributed by atoms with Gasteiger partial charge in [-0.3, -0.25) is 9.59 Å². The zero-order valence-electron chi connectivity index (χ0n) is 11.8. The molecule has 1 atom stereocenters. The third-order valence-corrected chi connectivity index (χ3v) is 3.51. The van der Waals surface area contributed by atoms with Crippen LogP contribution in [0.4, 0.5) is 5.69 Å². The van der Waals surface area contributed by atoms with Crippen LogP contribution in [0.25, 0.3) is 0 Å². The third-order valence-electron chi connectivity index (χ3n) is 2.88. The minimum Gasteiger partial charge on any atom is -0.480 e. The van der Waals surface area contributed by atoms with Crippen molar-refractivity contribution in [2.24, 2.45) is 5.92 Å². The minimum absolute atomic E-state index is 0.0661. The number of amides is 1. The third kappa shape index (κ3) is 5.53. The Bertz CT molecular complexity index is 501. The Kier molecular flexibility index (Phi) is 6.95. The molecular weight excluding hydrogens is 315 g/mol. The van der Waals surface area contributed by atoms with Crippen molar-refractivity contribution in [1.29, 1.82) is 0 Å². The van der Waals surface area contributed by atoms with Gasteiger partial charge < -0.3 is 15.7 Å². The van der Waals surface area contributed by atoms with E-state index in [1.165, 1.54) is 0 Å². The molecule has 21 heavy (non-hydrogen) atoms. The highest BCUT2D eigenvalue weighted by molar-refractivity contribution is 6.39. The molecule has 0 saturated heterocycles. The van der Waals surface area contributed by atoms with Crippen molar-refractivity contribution in [3.8, 4) is 0 Å². The second kappa shape index (κ2) is 8.22. The summed E-state index contributed by atoms with van der Waals surface area (Å²) in [5.74, 6) is -1.28. The SMILES string of the molecule is CC(C)C(NCCC(=O)Nc1c(Cl)cccc1Cl)C(=O)O. The highest BCUT2D eigenvalue weighted by atomic mass is 35.5. The Morgan fingerprint density at radius 3 is 2.29 bits per heavy atom. The molecule has 0 spiro atoms. The molecule has 1 rings (SSSR count). The van der Waals surface area contributed by atoms with Crippen molar-refractivity contribution >= 4 is 40.8 Å². The van der Waals surface area contributed by atoms with Crippen LogP contribution >= 0.6 is 23.2 Å². The number of carbonyl (C=O) groups excluding carboxylic acids is 1. The maximum atomic E-state index is 11.8. The van der Waals surface area contributed by atoms with Gasteiger partial charge in [0.15, 0.2) is 0 Å². The number of carboxylic acids is 1. The van der Waals surface area contributed by atoms with Crippen LogP contribution in [0.5, 0.6) is 0 Å². The molecule has 0 fully saturated rings. The number of anilines is 1. The summed E-state index contributed by atoms with van der Waals surface area (Å²) in [7, 11) is 0. The number of para-hydroxylation sites is 1. The number of halogens is 2. The van der Waals surface area contributed by atoms with Crippen LogP contribution in [0.15, 0.2) is 18.2 Å². The number of hydrogen-bond acceptors (Lipinski definition) is 3. The maximum absolute atomic E-state index is 11.8. The summed E-state index contributed by atoms with van der Waals surface area (Å²) in [5.41, 5.74) is 0.365. The van der Waals surface area contributed by atoms with Crippen LogP contribution in [-0.2, 0) is 9.59 Å². The Morgan fingerprint density at radius 1 is 1.24 bits per heavy atom. The van der Waals surface area contributed by atoms with E-state index in [4.69, 9.17) is 28.3 Å². The standard InChI is InChI=1S/C14H18Cl2N2O3/c1-8(2)12(14(20)21)17-7-6-11(19)18-13-9(15)4-3-5-10(13)16/h3-5,8,12,17H,6-7H2,1-2H3,(H,18,19)(H,20,21). The molecule has 0 aromatic heterocycles. The smallest absolute Gasteiger partial charge is 0.320 e. The lowest BCUT2D eigenvalue weighted by Gasteiger charge is -2.17. The fourth-order valence-electron chi connectivity index (χ4n) is 1.77. The van der Waals surface area contributed by atoms with Gasteiger partial charge in [0.05, 0.1) is 15.7 Å². The van der Waals surface area contributed by atoms with Gasteiger partial charge in [0.2, 0.25) is 5.91 Å². The summed E-state index contributed by atoms with van der Waals surface area (Å²) in [4.78, 5) is 22.8. The fourth-order valence-corrected chi connectivity index (χ4v) is 2.26. The van der Waals surface area contributed by atoms with Gasteiger partial charge >= 0.3 is 5.97 Å². The molecule has 3 N–H and O–H groups in total. The number of hydrogen-bond donors (Lipinski definition) is 3. The van der Waals surface area contributed by atoms with Crippen molar-refractivity contribution in [1.82, 2.24) is 5.32 Å². The number of carboxylic acid groups (broad SMARTS) is 1. The van der Waals surface area contributed by atoms with Crippen molar-refractivity contribution in [3.63, 3.8) is 0 Å². The van der Waals surface area contributed by atoms with E-state index in [0.29, 0.717) is 15.7 Å². The first kappa shape index (κ1) is 17.8. The summed E-state index contributed by atoms with van der Waals surface area (Å²) < 4.78 is 0. The van der Waals surface area contributed by atoms with Gasteiger partial charge in [0.1, 0.15) is 6.04 Å². The van der Waals surface area contributed by atoms with Crippen LogP contribution < -0.4 is 10.6 Å². The van der Waals surface area contributed by atoms with E-state index in [2.05, 4.69) is 10.6 Å². The van der Waals surface area contributed by atoms with Crippen molar-refractivity contribution < 1.29 is 14.7 Å². The van der Waals surface area contributed by atoms with E-state index < -0.39 is 12.0 Å². The first-order valence-electron chi connectivity index (χ1n) is 6.53. The first-order valence-corrected chi connectivity index (χ1v) is 7.28. The molecule has 1 aromatic carbocycles. The molecule has 0 aliphatic carbocycles. The largest absolute Gasteiger partial charge is 0.480 e. The van der Waals surface area contributed by atoms with Crippen LogP contribution in [0.3, 0.4) is 0 Å². The molecular formula is C14H18Cl2N2O3. The highest BCUT2D eigenvalue weighted by Gasteiger charge is 2.20. The van der Waals surface area contributed by atoms with E-state index in [0.717, 1.165) is 0 Å². The molecule has 5 nitrogen and oxygen atoms in total. The molecule has 0 aliphatic rings. The zero-order valence-corrected chi connectivity index (χ0v) is 13.3. The quantitative estimate of drug-likeness (QED) is 0.717. The van der Waals surface area contributed by atoms with Crippen molar-refractivity contribution in [2.45, 2.75) is 26.3 Å². The number of nitrogens with one attached hydrogen (secondary N) is 2. The molecule has 0 heterocycles. The Labute approximate surface area is 133 Å². The van der Waals surface area contributed by atoms with Crippen LogP contribution in [0.1, 0.15) is 20.3 Å². The second-order valence-electron chi connectivity index (χ2n) is 4.91. The summed E-state index contributed by atoms with van der Waals surface area (Å²) >= 11 is 11.9. The van der Waals surface area contributed by atoms with Crippen LogP contribution in [0.2, 0.25) is 10.0 Å². The second-order valence-corrected chi connectivity index (χ2v) is 5.72. The molecule has 1 aromatic rings. The Morgan fingerprint density at radius 2 is 1.81 bits per heavy atom. The summed E-state index contributed by atoms with van der Waals surface area (Å²) in [6, 6.07) is 4.25. The average Bonchev–Trinajstić information content (AvgIpc) is 2.38. The summed E-state index contributed by atoms with van der Waals surface area (Å²) in [5, 5.41) is 15.2. The van der Waals surface area contributed by atoms with E-state index in [1.54, 1.807) is 32.0 Å². The first-order chi connectivity index (χ1) is 9.82. The topological polar surface area (TPSA) is 78.4 Å². The van der Waals surface area contributed by atoms with E-state index in [1.807, 2.05) is 0 Å². The molecule has 0 aliphatic heterocycles. The Hall–Kier alpha value is -1.30. The number of aliphatic carboxylic acids is 1. The molecule has 0 bridgehead atoms. The molecule has 116 valence electrons. The van der Waals surface area contributed by atoms with Gasteiger partial charge in [-0.15, -0.1) is 0 Å². The summed E-state index contributed by atoms with van der Waals surface area (Å²) in [6.07, 6.45) is 0.123. The molecule has 0 radical (unpaired) electrons. The molecule has 1 amide bonds. The maximum Gasteiger partial charge on any atom is 0.320 e. The highest BCUT2D eigenvalue weighted by Crippen LogP contribution is 2.29. The number of rotatable bonds is 7. The molecule has 1 unspecified atom stereocenters. The van der Waals surface area contributed by atoms with Crippen molar-refractivity contribution in [3.05, 3.63) is 28.2 Å². The van der Waals surface area contributed by atoms with Gasteiger partial charge in [0.25, 0.3) is 0 Å². The number of carbonyl (C=O) groups is 2. The van der Waals surface area contributed by atoms with Crippen molar-refractivity contribution in [2.75, 3.05) is 11.9 Å². The predicted octanol–water partition coefficient (Wildman–Crippen LogP) is 3.02. The van der Waals surface area contributed by atoms with Gasteiger partial charge in [0, 0.05) is 13.0 Å². The van der Waals surface area contributed by atoms with Crippen LogP contribution in [0, 0.1) is 5.92 Å². The lowest BCUT2D eigenvalue weighted by molar-refractivity contribution is -0.140. The predicted molar refractivity (Wildman–Crippen MR) is 84.0 cm³/mol. The van der Waals surface area contributed by atoms with Gasteiger partial charge in [-0.1, -0.05) is 43.1 Å². The van der Waals surface area contributed by atoms with Crippen LogP contribution in [-0.4, -0.2) is 29.6 Å². The van der Waals surface area contributed by atoms with Gasteiger partial charge in [-0.2, -0.15) is 0 Å². The normalized spacial score (nSPS) is 12.2. The Balaban J connectivity index is 2.50. The van der Waals surface area contributed by atoms with Gasteiger partial charge in [-0.25, -0.2) is 0 Å². The zero-order chi connectivity index (χ0) is 16.0.